The van der Waals surface area contributed by atoms with E-state index >= 15 is 0 Å². The molecule has 2 atom stereocenters. The van der Waals surface area contributed by atoms with Gasteiger partial charge in [0.05, 0.1) is 12.1 Å². The van der Waals surface area contributed by atoms with Crippen LogP contribution in [0.4, 0.5) is 0 Å². The molecule has 1 saturated heterocycles. The molecule has 37 heavy (non-hydrogen) atoms. The van der Waals surface area contributed by atoms with Crippen molar-refractivity contribution in [3.8, 4) is 0 Å². The second kappa shape index (κ2) is 13.7. The second-order valence-corrected chi connectivity index (χ2v) is 11.4. The average molecular weight is 574 g/mol. The number of hydrogen-bond acceptors (Lipinski definition) is 4. The number of rotatable bonds is 6. The summed E-state index contributed by atoms with van der Waals surface area (Å²) in [6.07, 6.45) is 10.4. The largest absolute Gasteiger partial charge is 0.390 e. The van der Waals surface area contributed by atoms with Crippen LogP contribution in [0.1, 0.15) is 80.7 Å². The van der Waals surface area contributed by atoms with Crippen molar-refractivity contribution in [1.29, 1.82) is 0 Å². The predicted octanol–water partition coefficient (Wildman–Crippen LogP) is 5.65. The summed E-state index contributed by atoms with van der Waals surface area (Å²) in [6.45, 7) is 11.6. The van der Waals surface area contributed by atoms with Crippen LogP contribution >= 0.6 is 37.2 Å². The number of aliphatic hydroxyl groups excluding tert-OH is 1. The number of aryl methyl sites for hydroxylation is 1. The van der Waals surface area contributed by atoms with Gasteiger partial charge in [0, 0.05) is 69.0 Å². The Hall–Kier alpha value is -0.530. The highest BCUT2D eigenvalue weighted by molar-refractivity contribution is 5.87. The third-order valence-electron chi connectivity index (χ3n) is 9.41. The van der Waals surface area contributed by atoms with Gasteiger partial charge in [-0.05, 0) is 67.8 Å². The van der Waals surface area contributed by atoms with Crippen LogP contribution in [0.2, 0.25) is 0 Å². The molecule has 5 nitrogen and oxygen atoms in total. The molecule has 0 amide bonds. The summed E-state index contributed by atoms with van der Waals surface area (Å²) in [5.74, 6) is 0.771. The molecule has 2 aliphatic heterocycles. The van der Waals surface area contributed by atoms with Crippen molar-refractivity contribution in [2.75, 3.05) is 52.4 Å². The van der Waals surface area contributed by atoms with Gasteiger partial charge in [-0.3, -0.25) is 9.80 Å². The maximum Gasteiger partial charge on any atom is 0.0794 e. The lowest BCUT2D eigenvalue weighted by Gasteiger charge is -2.41. The van der Waals surface area contributed by atoms with E-state index < -0.39 is 0 Å². The first-order chi connectivity index (χ1) is 16.7. The van der Waals surface area contributed by atoms with Gasteiger partial charge in [0.15, 0.2) is 0 Å². The Morgan fingerprint density at radius 2 is 1.57 bits per heavy atom. The molecule has 2 aliphatic carbocycles. The Bertz CT molecular complexity index is 1000. The summed E-state index contributed by atoms with van der Waals surface area (Å²) in [4.78, 5) is 7.60. The first-order valence-electron chi connectivity index (χ1n) is 14.2. The van der Waals surface area contributed by atoms with Crippen molar-refractivity contribution in [2.24, 2.45) is 0 Å². The molecule has 0 spiro atoms. The fourth-order valence-electron chi connectivity index (χ4n) is 7.52. The van der Waals surface area contributed by atoms with Crippen LogP contribution in [0.5, 0.6) is 0 Å². The number of hydrogen-bond donors (Lipinski definition) is 1. The zero-order valence-electron chi connectivity index (χ0n) is 22.4. The van der Waals surface area contributed by atoms with Crippen molar-refractivity contribution in [3.05, 3.63) is 35.0 Å². The van der Waals surface area contributed by atoms with Crippen LogP contribution in [0.25, 0.3) is 10.9 Å². The molecule has 0 bridgehead atoms. The Kier molecular flexibility index (Phi) is 11.5. The number of halogens is 3. The minimum atomic E-state index is -0.257. The molecule has 2 fully saturated rings. The molecule has 1 N–H and O–H groups in total. The van der Waals surface area contributed by atoms with Gasteiger partial charge >= 0.3 is 0 Å². The fraction of sp³-hybridized carbons (Fsp3) is 0.724. The minimum absolute atomic E-state index is 0. The van der Waals surface area contributed by atoms with E-state index in [1.54, 1.807) is 22.2 Å². The Labute approximate surface area is 242 Å². The number of β-amino-alcohol motifs (C(OH)–C–C–N with tert-alkyl or cyclic N) is 1. The van der Waals surface area contributed by atoms with E-state index in [-0.39, 0.29) is 43.3 Å². The van der Waals surface area contributed by atoms with Crippen molar-refractivity contribution < 1.29 is 5.11 Å². The summed E-state index contributed by atoms with van der Waals surface area (Å²) in [5, 5.41) is 12.6. The van der Waals surface area contributed by atoms with E-state index in [1.807, 2.05) is 0 Å². The van der Waals surface area contributed by atoms with Gasteiger partial charge in [-0.2, -0.15) is 0 Å². The van der Waals surface area contributed by atoms with Gasteiger partial charge in [-0.15, -0.1) is 37.2 Å². The standard InChI is InChI=1S/C29H44N4O.3ClH/c1-2-30-13-15-31(16-14-30)20-24(34)21-32-17-18-33-27-12-11-23(22-7-4-3-5-8-22)19-26(27)25-9-6-10-28(32)29(25)33;;;/h11-12,19,22,24,28,34H,2-10,13-18,20-21H2,1H3;3*1H. The summed E-state index contributed by atoms with van der Waals surface area (Å²) >= 11 is 0. The molecule has 0 radical (unpaired) electrons. The highest BCUT2D eigenvalue weighted by Crippen LogP contribution is 2.44. The fourth-order valence-corrected chi connectivity index (χ4v) is 7.52. The topological polar surface area (TPSA) is 34.9 Å². The van der Waals surface area contributed by atoms with Crippen molar-refractivity contribution in [1.82, 2.24) is 19.3 Å². The van der Waals surface area contributed by atoms with Crippen molar-refractivity contribution in [3.63, 3.8) is 0 Å². The maximum atomic E-state index is 11.0. The average Bonchev–Trinajstić information content (AvgIpc) is 3.21. The zero-order chi connectivity index (χ0) is 23.1. The summed E-state index contributed by atoms with van der Waals surface area (Å²) < 4.78 is 2.64. The Morgan fingerprint density at radius 3 is 2.30 bits per heavy atom. The van der Waals surface area contributed by atoms with E-state index in [2.05, 4.69) is 44.4 Å². The molecule has 2 unspecified atom stereocenters. The molecular weight excluding hydrogens is 527 g/mol. The van der Waals surface area contributed by atoms with E-state index in [0.29, 0.717) is 6.04 Å². The highest BCUT2D eigenvalue weighted by Gasteiger charge is 2.36. The Balaban J connectivity index is 0.00000127. The molecule has 8 heteroatoms. The van der Waals surface area contributed by atoms with E-state index in [0.717, 1.165) is 64.8 Å². The van der Waals surface area contributed by atoms with Crippen LogP contribution in [0.3, 0.4) is 0 Å². The van der Waals surface area contributed by atoms with Crippen LogP contribution in [0.15, 0.2) is 18.2 Å². The van der Waals surface area contributed by atoms with Gasteiger partial charge in [-0.1, -0.05) is 32.3 Å². The smallest absolute Gasteiger partial charge is 0.0794 e. The molecule has 4 aliphatic rings. The van der Waals surface area contributed by atoms with Crippen molar-refractivity contribution >= 4 is 48.1 Å². The predicted molar refractivity (Wildman–Crippen MR) is 161 cm³/mol. The van der Waals surface area contributed by atoms with Gasteiger partial charge in [0.25, 0.3) is 0 Å². The third kappa shape index (κ3) is 6.29. The van der Waals surface area contributed by atoms with Crippen LogP contribution in [-0.2, 0) is 13.0 Å². The number of fused-ring (bicyclic) bond motifs is 3. The van der Waals surface area contributed by atoms with Crippen LogP contribution in [0, 0.1) is 0 Å². The third-order valence-corrected chi connectivity index (χ3v) is 9.41. The number of piperazine rings is 1. The highest BCUT2D eigenvalue weighted by atomic mass is 35.5. The van der Waals surface area contributed by atoms with Gasteiger partial charge < -0.3 is 14.6 Å². The SMILES string of the molecule is CCN1CCN(CC(O)CN2CCn3c4c(c5cc(C6CCCCC6)ccc53)CCCC42)CC1.Cl.Cl.Cl. The first-order valence-corrected chi connectivity index (χ1v) is 14.2. The van der Waals surface area contributed by atoms with Crippen LogP contribution in [-0.4, -0.2) is 82.8 Å². The van der Waals surface area contributed by atoms with E-state index in [9.17, 15) is 5.11 Å². The number of aliphatic hydroxyl groups is 1. The minimum Gasteiger partial charge on any atom is -0.390 e. The zero-order valence-corrected chi connectivity index (χ0v) is 24.9. The lowest BCUT2D eigenvalue weighted by Crippen LogP contribution is -2.51. The molecule has 3 heterocycles. The van der Waals surface area contributed by atoms with Gasteiger partial charge in [0.1, 0.15) is 0 Å². The molecule has 1 aromatic heterocycles. The monoisotopic (exact) mass is 572 g/mol. The summed E-state index contributed by atoms with van der Waals surface area (Å²) in [6, 6.07) is 7.93. The van der Waals surface area contributed by atoms with Gasteiger partial charge in [0.2, 0.25) is 0 Å². The number of nitrogens with zero attached hydrogens (tertiary/aromatic N) is 4. The van der Waals surface area contributed by atoms with E-state index in [1.165, 1.54) is 56.9 Å². The quantitative estimate of drug-likeness (QED) is 0.485. The molecule has 1 aromatic carbocycles. The van der Waals surface area contributed by atoms with E-state index in [4.69, 9.17) is 0 Å². The lowest BCUT2D eigenvalue weighted by atomic mass is 9.83. The normalized spacial score (nSPS) is 24.0. The van der Waals surface area contributed by atoms with Crippen LogP contribution < -0.4 is 0 Å². The summed E-state index contributed by atoms with van der Waals surface area (Å²) in [5.41, 5.74) is 6.25. The first kappa shape index (κ1) is 31.0. The summed E-state index contributed by atoms with van der Waals surface area (Å²) in [7, 11) is 0. The molecular formula is C29H47Cl3N4O. The number of benzene rings is 1. The second-order valence-electron chi connectivity index (χ2n) is 11.4. The lowest BCUT2D eigenvalue weighted by molar-refractivity contribution is 0.0296. The number of likely N-dealkylation sites (N-methyl/N-ethyl adjacent to an activating group) is 1. The number of aromatic nitrogens is 1. The molecule has 1 saturated carbocycles. The molecule has 2 aromatic rings. The maximum absolute atomic E-state index is 11.0. The molecule has 210 valence electrons. The Morgan fingerprint density at radius 1 is 0.838 bits per heavy atom. The molecule has 6 rings (SSSR count). The van der Waals surface area contributed by atoms with Gasteiger partial charge in [-0.25, -0.2) is 0 Å². The van der Waals surface area contributed by atoms with Crippen molar-refractivity contribution in [2.45, 2.75) is 82.9 Å².